The third-order valence-corrected chi connectivity index (χ3v) is 3.00. The van der Waals surface area contributed by atoms with Crippen molar-refractivity contribution in [3.63, 3.8) is 0 Å². The van der Waals surface area contributed by atoms with Crippen LogP contribution in [0.5, 0.6) is 0 Å². The van der Waals surface area contributed by atoms with Crippen molar-refractivity contribution in [2.45, 2.75) is 13.0 Å². The molecule has 0 aromatic heterocycles. The summed E-state index contributed by atoms with van der Waals surface area (Å²) in [5.41, 5.74) is 1.16. The van der Waals surface area contributed by atoms with Crippen LogP contribution >= 0.6 is 0 Å². The molecule has 0 bridgehead atoms. The van der Waals surface area contributed by atoms with E-state index in [0.717, 1.165) is 5.56 Å². The molecule has 0 aliphatic heterocycles. The largest absolute Gasteiger partial charge is 0.451 e. The monoisotopic (exact) mass is 298 g/mol. The van der Waals surface area contributed by atoms with Crippen molar-refractivity contribution in [3.05, 3.63) is 77.6 Å². The fourth-order valence-corrected chi connectivity index (χ4v) is 1.84. The zero-order valence-corrected chi connectivity index (χ0v) is 12.0. The molecule has 0 aliphatic rings. The zero-order chi connectivity index (χ0) is 15.9. The van der Waals surface area contributed by atoms with Gasteiger partial charge < -0.3 is 4.74 Å². The van der Waals surface area contributed by atoms with Gasteiger partial charge in [-0.2, -0.15) is 0 Å². The van der Waals surface area contributed by atoms with Crippen LogP contribution in [-0.2, 0) is 9.53 Å². The van der Waals surface area contributed by atoms with Gasteiger partial charge in [0.25, 0.3) is 0 Å². The van der Waals surface area contributed by atoms with E-state index in [9.17, 15) is 14.0 Å². The lowest BCUT2D eigenvalue weighted by molar-refractivity contribution is -0.140. The molecule has 2 aromatic carbocycles. The maximum Gasteiger partial charge on any atom is 0.331 e. The third-order valence-electron chi connectivity index (χ3n) is 3.00. The predicted octanol–water partition coefficient (Wildman–Crippen LogP) is 3.65. The number of esters is 1. The molecule has 1 atom stereocenters. The highest BCUT2D eigenvalue weighted by molar-refractivity contribution is 6.01. The number of Topliss-reactive ketones (excluding diaryl/α,β-unsaturated/α-hetero) is 1. The lowest BCUT2D eigenvalue weighted by Gasteiger charge is -2.10. The number of rotatable bonds is 5. The van der Waals surface area contributed by atoms with Crippen LogP contribution < -0.4 is 0 Å². The molecule has 0 heterocycles. The van der Waals surface area contributed by atoms with Gasteiger partial charge >= 0.3 is 5.97 Å². The third kappa shape index (κ3) is 4.38. The minimum absolute atomic E-state index is 0.300. The van der Waals surface area contributed by atoms with Gasteiger partial charge in [-0.25, -0.2) is 9.18 Å². The molecule has 0 radical (unpaired) electrons. The molecule has 0 fully saturated rings. The van der Waals surface area contributed by atoms with Gasteiger partial charge in [0.05, 0.1) is 0 Å². The summed E-state index contributed by atoms with van der Waals surface area (Å²) in [5, 5.41) is 0. The Labute approximate surface area is 128 Å². The van der Waals surface area contributed by atoms with Crippen molar-refractivity contribution in [3.8, 4) is 0 Å². The quantitative estimate of drug-likeness (QED) is 0.481. The van der Waals surface area contributed by atoms with Crippen molar-refractivity contribution < 1.29 is 18.7 Å². The molecule has 0 N–H and O–H groups in total. The second-order valence-corrected chi connectivity index (χ2v) is 4.69. The van der Waals surface area contributed by atoms with E-state index in [4.69, 9.17) is 4.74 Å². The molecule has 22 heavy (non-hydrogen) atoms. The number of ketones is 1. The molecule has 112 valence electrons. The first-order chi connectivity index (χ1) is 10.6. The van der Waals surface area contributed by atoms with E-state index in [1.54, 1.807) is 6.08 Å². The number of carbonyl (C=O) groups excluding carboxylic acids is 2. The minimum Gasteiger partial charge on any atom is -0.451 e. The first kappa shape index (κ1) is 15.6. The maximum atomic E-state index is 12.8. The Balaban J connectivity index is 1.94. The molecule has 2 rings (SSSR count). The SMILES string of the molecule is CC(OC(=O)C=Cc1ccccc1)C(=O)c1ccc(F)cc1. The van der Waals surface area contributed by atoms with Crippen molar-refractivity contribution in [2.75, 3.05) is 0 Å². The molecule has 0 saturated heterocycles. The van der Waals surface area contributed by atoms with Crippen LogP contribution in [0.2, 0.25) is 0 Å². The number of hydrogen-bond donors (Lipinski definition) is 0. The van der Waals surface area contributed by atoms with E-state index in [1.165, 1.54) is 37.3 Å². The van der Waals surface area contributed by atoms with Crippen LogP contribution in [-0.4, -0.2) is 17.9 Å². The van der Waals surface area contributed by atoms with E-state index >= 15 is 0 Å². The van der Waals surface area contributed by atoms with Crippen molar-refractivity contribution >= 4 is 17.8 Å². The Morgan fingerprint density at radius 1 is 1.05 bits per heavy atom. The van der Waals surface area contributed by atoms with Gasteiger partial charge in [0.15, 0.2) is 6.10 Å². The number of benzene rings is 2. The number of halogens is 1. The number of carbonyl (C=O) groups is 2. The Morgan fingerprint density at radius 2 is 1.68 bits per heavy atom. The van der Waals surface area contributed by atoms with E-state index in [0.29, 0.717) is 5.56 Å². The summed E-state index contributed by atoms with van der Waals surface area (Å²) in [6, 6.07) is 14.4. The molecular formula is C18H15FO3. The van der Waals surface area contributed by atoms with Crippen LogP contribution in [0.25, 0.3) is 6.08 Å². The lowest BCUT2D eigenvalue weighted by atomic mass is 10.1. The summed E-state index contributed by atoms with van der Waals surface area (Å²) < 4.78 is 17.9. The summed E-state index contributed by atoms with van der Waals surface area (Å²) in [6.45, 7) is 1.49. The highest BCUT2D eigenvalue weighted by Crippen LogP contribution is 2.09. The van der Waals surface area contributed by atoms with Crippen LogP contribution in [0, 0.1) is 5.82 Å². The standard InChI is InChI=1S/C18H15FO3/c1-13(18(21)15-8-10-16(19)11-9-15)22-17(20)12-7-14-5-3-2-4-6-14/h2-13H,1H3. The van der Waals surface area contributed by atoms with E-state index < -0.39 is 17.9 Å². The van der Waals surface area contributed by atoms with Crippen LogP contribution in [0.15, 0.2) is 60.7 Å². The van der Waals surface area contributed by atoms with Crippen LogP contribution in [0.3, 0.4) is 0 Å². The van der Waals surface area contributed by atoms with E-state index in [1.807, 2.05) is 30.3 Å². The molecule has 0 spiro atoms. The van der Waals surface area contributed by atoms with Crippen LogP contribution in [0.1, 0.15) is 22.8 Å². The Kier molecular flexibility index (Phi) is 5.20. The molecule has 3 nitrogen and oxygen atoms in total. The normalized spacial score (nSPS) is 12.1. The minimum atomic E-state index is -0.932. The average molecular weight is 298 g/mol. The highest BCUT2D eigenvalue weighted by Gasteiger charge is 2.18. The summed E-state index contributed by atoms with van der Waals surface area (Å²) in [7, 11) is 0. The second-order valence-electron chi connectivity index (χ2n) is 4.69. The maximum absolute atomic E-state index is 12.8. The molecule has 1 unspecified atom stereocenters. The van der Waals surface area contributed by atoms with Gasteiger partial charge in [-0.3, -0.25) is 4.79 Å². The first-order valence-corrected chi connectivity index (χ1v) is 6.80. The topological polar surface area (TPSA) is 43.4 Å². The van der Waals surface area contributed by atoms with Gasteiger partial charge in [0.2, 0.25) is 5.78 Å². The Morgan fingerprint density at radius 3 is 2.32 bits per heavy atom. The van der Waals surface area contributed by atoms with Crippen molar-refractivity contribution in [1.29, 1.82) is 0 Å². The molecular weight excluding hydrogens is 283 g/mol. The first-order valence-electron chi connectivity index (χ1n) is 6.80. The van der Waals surface area contributed by atoms with Gasteiger partial charge in [-0.1, -0.05) is 30.3 Å². The summed E-state index contributed by atoms with van der Waals surface area (Å²) in [4.78, 5) is 23.7. The summed E-state index contributed by atoms with van der Waals surface area (Å²) in [6.07, 6.45) is 1.94. The van der Waals surface area contributed by atoms with Gasteiger partial charge in [-0.05, 0) is 42.8 Å². The van der Waals surface area contributed by atoms with Crippen molar-refractivity contribution in [2.24, 2.45) is 0 Å². The summed E-state index contributed by atoms with van der Waals surface area (Å²) >= 11 is 0. The van der Waals surface area contributed by atoms with Gasteiger partial charge in [0.1, 0.15) is 5.82 Å². The zero-order valence-electron chi connectivity index (χ0n) is 12.0. The van der Waals surface area contributed by atoms with E-state index in [-0.39, 0.29) is 5.78 Å². The number of hydrogen-bond acceptors (Lipinski definition) is 3. The van der Waals surface area contributed by atoms with Gasteiger partial charge in [0, 0.05) is 11.6 Å². The number of ether oxygens (including phenoxy) is 1. The van der Waals surface area contributed by atoms with Crippen molar-refractivity contribution in [1.82, 2.24) is 0 Å². The molecule has 0 aliphatic carbocycles. The lowest BCUT2D eigenvalue weighted by Crippen LogP contribution is -2.23. The highest BCUT2D eigenvalue weighted by atomic mass is 19.1. The molecule has 0 amide bonds. The fraction of sp³-hybridized carbons (Fsp3) is 0.111. The van der Waals surface area contributed by atoms with Crippen LogP contribution in [0.4, 0.5) is 4.39 Å². The molecule has 4 heteroatoms. The second kappa shape index (κ2) is 7.31. The Hall–Kier alpha value is -2.75. The fourth-order valence-electron chi connectivity index (χ4n) is 1.84. The van der Waals surface area contributed by atoms with E-state index in [2.05, 4.69) is 0 Å². The average Bonchev–Trinajstić information content (AvgIpc) is 2.54. The molecule has 2 aromatic rings. The molecule has 0 saturated carbocycles. The summed E-state index contributed by atoms with van der Waals surface area (Å²) in [5.74, 6) is -1.40. The smallest absolute Gasteiger partial charge is 0.331 e. The van der Waals surface area contributed by atoms with Gasteiger partial charge in [-0.15, -0.1) is 0 Å². The predicted molar refractivity (Wildman–Crippen MR) is 81.8 cm³/mol. The Bertz CT molecular complexity index is 675.